The Morgan fingerprint density at radius 3 is 2.47 bits per heavy atom. The average Bonchev–Trinajstić information content (AvgIpc) is 2.31. The highest BCUT2D eigenvalue weighted by molar-refractivity contribution is 6.45. The molecule has 4 heteroatoms. The normalized spacial score (nSPS) is 11.4. The number of carbonyl (C=O) groups is 1. The third kappa shape index (κ3) is 3.18. The lowest BCUT2D eigenvalue weighted by Gasteiger charge is -2.02. The zero-order valence-corrected chi connectivity index (χ0v) is 8.26. The second-order valence-corrected chi connectivity index (χ2v) is 3.07. The van der Waals surface area contributed by atoms with Gasteiger partial charge in [0.15, 0.2) is 0 Å². The maximum Gasteiger partial charge on any atom is 0.210 e. The lowest BCUT2D eigenvalue weighted by atomic mass is 10.0. The van der Waals surface area contributed by atoms with Gasteiger partial charge in [-0.25, -0.2) is 0 Å². The molecule has 0 aromatic heterocycles. The maximum atomic E-state index is 11.7. The fraction of sp³-hybridized carbons (Fsp3) is 0.273. The van der Waals surface area contributed by atoms with Gasteiger partial charge in [-0.15, -0.1) is 0 Å². The summed E-state index contributed by atoms with van der Waals surface area (Å²) in [5, 5.41) is 20.2. The Balaban J connectivity index is 2.75. The first-order valence-electron chi connectivity index (χ1n) is 4.71. The highest BCUT2D eigenvalue weighted by atomic mass is 16.4. The quantitative estimate of drug-likeness (QED) is 0.332. The molecule has 0 aliphatic rings. The van der Waals surface area contributed by atoms with Crippen LogP contribution in [0.5, 0.6) is 0 Å². The summed E-state index contributed by atoms with van der Waals surface area (Å²) in [7, 11) is 0. The summed E-state index contributed by atoms with van der Waals surface area (Å²) < 4.78 is 0. The minimum atomic E-state index is -0.299. The van der Waals surface area contributed by atoms with Crippen LogP contribution in [0, 0.1) is 0 Å². The van der Waals surface area contributed by atoms with Crippen molar-refractivity contribution in [3.63, 3.8) is 0 Å². The Morgan fingerprint density at radius 2 is 1.93 bits per heavy atom. The van der Waals surface area contributed by atoms with Crippen LogP contribution >= 0.6 is 0 Å². The van der Waals surface area contributed by atoms with E-state index in [1.807, 2.05) is 0 Å². The molecule has 0 fully saturated rings. The first kappa shape index (κ1) is 11.4. The van der Waals surface area contributed by atoms with Crippen molar-refractivity contribution in [1.82, 2.24) is 0 Å². The number of hydrogen-bond donors (Lipinski definition) is 2. The standard InChI is InChI=1S/C11H13NO3/c13-8-4-7-10(12-15)11(14)9-5-2-1-3-6-9/h1-3,5-6,13,15H,4,7-8H2. The van der Waals surface area contributed by atoms with Gasteiger partial charge in [0.25, 0.3) is 0 Å². The molecule has 1 rings (SSSR count). The van der Waals surface area contributed by atoms with Gasteiger partial charge >= 0.3 is 0 Å². The third-order valence-electron chi connectivity index (χ3n) is 1.99. The number of aliphatic hydroxyl groups excluding tert-OH is 1. The predicted molar refractivity (Wildman–Crippen MR) is 56.3 cm³/mol. The summed E-state index contributed by atoms with van der Waals surface area (Å²) in [6.45, 7) is -0.0267. The average molecular weight is 207 g/mol. The molecule has 0 bridgehead atoms. The Bertz CT molecular complexity index is 346. The number of benzene rings is 1. The largest absolute Gasteiger partial charge is 0.411 e. The van der Waals surface area contributed by atoms with Gasteiger partial charge in [-0.05, 0) is 12.8 Å². The molecule has 0 saturated carbocycles. The molecule has 0 radical (unpaired) electrons. The lowest BCUT2D eigenvalue weighted by Crippen LogP contribution is -2.14. The lowest BCUT2D eigenvalue weighted by molar-refractivity contribution is 0.105. The molecule has 80 valence electrons. The van der Waals surface area contributed by atoms with Crippen LogP contribution in [-0.4, -0.2) is 28.4 Å². The molecule has 0 atom stereocenters. The summed E-state index contributed by atoms with van der Waals surface area (Å²) in [6.07, 6.45) is 0.693. The highest BCUT2D eigenvalue weighted by Crippen LogP contribution is 2.04. The first-order chi connectivity index (χ1) is 7.29. The van der Waals surface area contributed by atoms with E-state index in [1.165, 1.54) is 0 Å². The van der Waals surface area contributed by atoms with Crippen LogP contribution in [0.15, 0.2) is 35.5 Å². The van der Waals surface area contributed by atoms with E-state index in [-0.39, 0.29) is 24.5 Å². The van der Waals surface area contributed by atoms with Gasteiger partial charge < -0.3 is 10.3 Å². The van der Waals surface area contributed by atoms with Gasteiger partial charge in [-0.1, -0.05) is 35.5 Å². The molecule has 1 aromatic carbocycles. The molecular formula is C11H13NO3. The van der Waals surface area contributed by atoms with E-state index in [0.29, 0.717) is 12.0 Å². The molecule has 0 unspecified atom stereocenters. The summed E-state index contributed by atoms with van der Waals surface area (Å²) in [4.78, 5) is 11.7. The second kappa shape index (κ2) is 5.93. The molecule has 15 heavy (non-hydrogen) atoms. The molecule has 2 N–H and O–H groups in total. The molecule has 0 aliphatic carbocycles. The van der Waals surface area contributed by atoms with Crippen molar-refractivity contribution in [2.24, 2.45) is 5.16 Å². The van der Waals surface area contributed by atoms with E-state index >= 15 is 0 Å². The van der Waals surface area contributed by atoms with Gasteiger partial charge in [0.1, 0.15) is 5.71 Å². The molecular weight excluding hydrogens is 194 g/mol. The van der Waals surface area contributed by atoms with Gasteiger partial charge in [0.2, 0.25) is 5.78 Å². The Hall–Kier alpha value is -1.68. The molecule has 1 aromatic rings. The van der Waals surface area contributed by atoms with Crippen molar-refractivity contribution in [2.75, 3.05) is 6.61 Å². The number of carbonyl (C=O) groups excluding carboxylic acids is 1. The summed E-state index contributed by atoms with van der Waals surface area (Å²) in [5.41, 5.74) is 0.568. The van der Waals surface area contributed by atoms with E-state index in [2.05, 4.69) is 5.16 Å². The van der Waals surface area contributed by atoms with E-state index in [0.717, 1.165) is 0 Å². The molecule has 0 aliphatic heterocycles. The zero-order valence-electron chi connectivity index (χ0n) is 8.26. The molecule has 4 nitrogen and oxygen atoms in total. The molecule has 0 amide bonds. The molecule has 0 saturated heterocycles. The second-order valence-electron chi connectivity index (χ2n) is 3.07. The summed E-state index contributed by atoms with van der Waals surface area (Å²) >= 11 is 0. The number of ketones is 1. The minimum Gasteiger partial charge on any atom is -0.411 e. The van der Waals surface area contributed by atoms with Crippen molar-refractivity contribution in [3.05, 3.63) is 35.9 Å². The van der Waals surface area contributed by atoms with Crippen LogP contribution < -0.4 is 0 Å². The maximum absolute atomic E-state index is 11.7. The fourth-order valence-electron chi connectivity index (χ4n) is 1.21. The van der Waals surface area contributed by atoms with E-state index in [1.54, 1.807) is 30.3 Å². The van der Waals surface area contributed by atoms with Crippen molar-refractivity contribution in [3.8, 4) is 0 Å². The number of rotatable bonds is 5. The Labute approximate surface area is 87.9 Å². The zero-order chi connectivity index (χ0) is 11.1. The number of oxime groups is 1. The van der Waals surface area contributed by atoms with E-state index in [4.69, 9.17) is 10.3 Å². The first-order valence-corrected chi connectivity index (χ1v) is 4.71. The minimum absolute atomic E-state index is 0.0267. The van der Waals surface area contributed by atoms with Crippen LogP contribution in [0.2, 0.25) is 0 Å². The van der Waals surface area contributed by atoms with Crippen LogP contribution in [0.3, 0.4) is 0 Å². The van der Waals surface area contributed by atoms with Gasteiger partial charge in [-0.3, -0.25) is 4.79 Å². The van der Waals surface area contributed by atoms with Crippen LogP contribution in [0.4, 0.5) is 0 Å². The van der Waals surface area contributed by atoms with Gasteiger partial charge in [0.05, 0.1) is 0 Å². The van der Waals surface area contributed by atoms with Gasteiger partial charge in [-0.2, -0.15) is 0 Å². The highest BCUT2D eigenvalue weighted by Gasteiger charge is 2.13. The summed E-state index contributed by atoms with van der Waals surface area (Å²) in [6, 6.07) is 8.61. The van der Waals surface area contributed by atoms with Crippen LogP contribution in [0.1, 0.15) is 23.2 Å². The topological polar surface area (TPSA) is 69.9 Å². The molecule has 0 heterocycles. The number of aliphatic hydroxyl groups is 1. The van der Waals surface area contributed by atoms with Crippen LogP contribution in [-0.2, 0) is 0 Å². The Morgan fingerprint density at radius 1 is 1.27 bits per heavy atom. The van der Waals surface area contributed by atoms with Crippen molar-refractivity contribution in [1.29, 1.82) is 0 Å². The van der Waals surface area contributed by atoms with Crippen molar-refractivity contribution < 1.29 is 15.1 Å². The SMILES string of the molecule is O=C(C(CCCO)=NO)c1ccccc1. The van der Waals surface area contributed by atoms with Crippen LogP contribution in [0.25, 0.3) is 0 Å². The number of hydrogen-bond acceptors (Lipinski definition) is 4. The number of Topliss-reactive ketones (excluding diaryl/α,β-unsaturated/α-hetero) is 1. The summed E-state index contributed by atoms with van der Waals surface area (Å²) in [5.74, 6) is -0.299. The molecule has 0 spiro atoms. The van der Waals surface area contributed by atoms with Crippen molar-refractivity contribution in [2.45, 2.75) is 12.8 Å². The predicted octanol–water partition coefficient (Wildman–Crippen LogP) is 1.47. The van der Waals surface area contributed by atoms with Gasteiger partial charge in [0, 0.05) is 12.2 Å². The van der Waals surface area contributed by atoms with E-state index < -0.39 is 0 Å². The fourth-order valence-corrected chi connectivity index (χ4v) is 1.21. The smallest absolute Gasteiger partial charge is 0.210 e. The third-order valence-corrected chi connectivity index (χ3v) is 1.99. The monoisotopic (exact) mass is 207 g/mol. The Kier molecular flexibility index (Phi) is 4.50. The van der Waals surface area contributed by atoms with E-state index in [9.17, 15) is 4.79 Å². The van der Waals surface area contributed by atoms with Crippen molar-refractivity contribution >= 4 is 11.5 Å². The number of nitrogens with zero attached hydrogens (tertiary/aromatic N) is 1.